The molecule has 26 heavy (non-hydrogen) atoms. The summed E-state index contributed by atoms with van der Waals surface area (Å²) in [4.78, 5) is 22.8. The maximum Gasteiger partial charge on any atom is 0.272 e. The molecule has 1 fully saturated rings. The van der Waals surface area contributed by atoms with Gasteiger partial charge in [0.15, 0.2) is 5.13 Å². The number of H-pyrrole nitrogens is 1. The third kappa shape index (κ3) is 3.22. The summed E-state index contributed by atoms with van der Waals surface area (Å²) in [5, 5.41) is 8.23. The van der Waals surface area contributed by atoms with Crippen LogP contribution >= 0.6 is 11.3 Å². The van der Waals surface area contributed by atoms with Crippen LogP contribution in [-0.2, 0) is 0 Å². The number of aromatic amines is 1. The predicted octanol–water partition coefficient (Wildman–Crippen LogP) is 3.11. The number of aromatic nitrogens is 3. The lowest BCUT2D eigenvalue weighted by atomic mass is 10.1. The molecule has 3 aromatic rings. The van der Waals surface area contributed by atoms with Gasteiger partial charge in [-0.2, -0.15) is 5.10 Å². The number of amides is 1. The molecule has 1 aliphatic heterocycles. The zero-order valence-electron chi connectivity index (χ0n) is 14.9. The highest BCUT2D eigenvalue weighted by molar-refractivity contribution is 7.15. The average Bonchev–Trinajstić information content (AvgIpc) is 3.30. The van der Waals surface area contributed by atoms with Crippen LogP contribution < -0.4 is 4.90 Å². The average molecular weight is 367 g/mol. The molecule has 0 atom stereocenters. The summed E-state index contributed by atoms with van der Waals surface area (Å²) in [5.41, 5.74) is 3.43. The molecule has 2 aromatic heterocycles. The second-order valence-electron chi connectivity index (χ2n) is 6.45. The van der Waals surface area contributed by atoms with Gasteiger partial charge < -0.3 is 9.80 Å². The lowest BCUT2D eigenvalue weighted by molar-refractivity contribution is 0.0741. The van der Waals surface area contributed by atoms with Crippen LogP contribution in [-0.4, -0.2) is 52.2 Å². The Labute approximate surface area is 156 Å². The Morgan fingerprint density at radius 2 is 1.85 bits per heavy atom. The van der Waals surface area contributed by atoms with Crippen LogP contribution in [0.1, 0.15) is 21.1 Å². The van der Waals surface area contributed by atoms with Gasteiger partial charge in [-0.15, -0.1) is 11.3 Å². The van der Waals surface area contributed by atoms with E-state index in [1.54, 1.807) is 11.3 Å². The molecule has 6 nitrogen and oxygen atoms in total. The lowest BCUT2D eigenvalue weighted by Crippen LogP contribution is -2.48. The quantitative estimate of drug-likeness (QED) is 0.772. The van der Waals surface area contributed by atoms with Crippen LogP contribution in [0.3, 0.4) is 0 Å². The summed E-state index contributed by atoms with van der Waals surface area (Å²) in [6.45, 7) is 7.12. The molecule has 1 aliphatic rings. The number of benzene rings is 1. The summed E-state index contributed by atoms with van der Waals surface area (Å²) < 4.78 is 0. The molecule has 0 radical (unpaired) electrons. The highest BCUT2D eigenvalue weighted by atomic mass is 32.1. The number of nitrogens with zero attached hydrogens (tertiary/aromatic N) is 4. The molecule has 7 heteroatoms. The van der Waals surface area contributed by atoms with Crippen molar-refractivity contribution in [2.75, 3.05) is 31.1 Å². The van der Waals surface area contributed by atoms with E-state index in [0.717, 1.165) is 35.2 Å². The summed E-state index contributed by atoms with van der Waals surface area (Å²) in [6, 6.07) is 11.7. The number of piperazine rings is 1. The molecule has 3 heterocycles. The maximum absolute atomic E-state index is 12.8. The van der Waals surface area contributed by atoms with E-state index >= 15 is 0 Å². The number of anilines is 1. The normalized spacial score (nSPS) is 14.7. The summed E-state index contributed by atoms with van der Waals surface area (Å²) in [5.74, 6) is 0.00540. The van der Waals surface area contributed by atoms with Crippen LogP contribution in [0, 0.1) is 13.8 Å². The van der Waals surface area contributed by atoms with Gasteiger partial charge in [-0.25, -0.2) is 4.98 Å². The minimum absolute atomic E-state index is 0.00540. The van der Waals surface area contributed by atoms with Gasteiger partial charge in [0, 0.05) is 36.6 Å². The maximum atomic E-state index is 12.8. The highest BCUT2D eigenvalue weighted by Gasteiger charge is 2.25. The van der Waals surface area contributed by atoms with Crippen LogP contribution in [0.15, 0.2) is 36.4 Å². The molecule has 1 N–H and O–H groups in total. The van der Waals surface area contributed by atoms with Crippen molar-refractivity contribution in [1.29, 1.82) is 0 Å². The molecule has 0 bridgehead atoms. The van der Waals surface area contributed by atoms with Crippen molar-refractivity contribution in [3.63, 3.8) is 0 Å². The molecular weight excluding hydrogens is 346 g/mol. The fourth-order valence-corrected chi connectivity index (χ4v) is 4.01. The first kappa shape index (κ1) is 16.8. The van der Waals surface area contributed by atoms with E-state index in [1.165, 1.54) is 4.88 Å². The zero-order valence-corrected chi connectivity index (χ0v) is 15.7. The Balaban J connectivity index is 1.41. The van der Waals surface area contributed by atoms with E-state index in [9.17, 15) is 4.79 Å². The number of rotatable bonds is 3. The summed E-state index contributed by atoms with van der Waals surface area (Å²) >= 11 is 1.72. The van der Waals surface area contributed by atoms with Gasteiger partial charge in [0.25, 0.3) is 5.91 Å². The van der Waals surface area contributed by atoms with Gasteiger partial charge >= 0.3 is 0 Å². The molecule has 0 spiro atoms. The minimum atomic E-state index is 0.00540. The van der Waals surface area contributed by atoms with Crippen molar-refractivity contribution in [2.45, 2.75) is 13.8 Å². The number of nitrogens with one attached hydrogen (secondary N) is 1. The van der Waals surface area contributed by atoms with Crippen LogP contribution in [0.2, 0.25) is 0 Å². The number of thiazole rings is 1. The summed E-state index contributed by atoms with van der Waals surface area (Å²) in [7, 11) is 0. The van der Waals surface area contributed by atoms with E-state index < -0.39 is 0 Å². The lowest BCUT2D eigenvalue weighted by Gasteiger charge is -2.34. The first-order valence-corrected chi connectivity index (χ1v) is 9.52. The van der Waals surface area contributed by atoms with Gasteiger partial charge in [0.1, 0.15) is 5.69 Å². The van der Waals surface area contributed by atoms with E-state index in [0.29, 0.717) is 18.8 Å². The molecule has 134 valence electrons. The van der Waals surface area contributed by atoms with Crippen molar-refractivity contribution < 1.29 is 4.79 Å². The van der Waals surface area contributed by atoms with Gasteiger partial charge in [-0.3, -0.25) is 9.89 Å². The van der Waals surface area contributed by atoms with Gasteiger partial charge in [-0.05, 0) is 19.9 Å². The molecule has 1 aromatic carbocycles. The largest absolute Gasteiger partial charge is 0.345 e. The summed E-state index contributed by atoms with van der Waals surface area (Å²) in [6.07, 6.45) is 0. The van der Waals surface area contributed by atoms with Crippen molar-refractivity contribution in [2.24, 2.45) is 0 Å². The fraction of sp³-hybridized carbons (Fsp3) is 0.316. The third-order valence-electron chi connectivity index (χ3n) is 4.73. The molecule has 4 rings (SSSR count). The third-order valence-corrected chi connectivity index (χ3v) is 5.87. The Morgan fingerprint density at radius 1 is 1.12 bits per heavy atom. The Kier molecular flexibility index (Phi) is 4.46. The van der Waals surface area contributed by atoms with Gasteiger partial charge in [-0.1, -0.05) is 30.3 Å². The van der Waals surface area contributed by atoms with Crippen molar-refractivity contribution in [3.8, 4) is 11.3 Å². The fourth-order valence-electron chi connectivity index (χ4n) is 3.05. The Hall–Kier alpha value is -2.67. The molecule has 1 saturated heterocycles. The zero-order chi connectivity index (χ0) is 18.1. The smallest absolute Gasteiger partial charge is 0.272 e. The topological polar surface area (TPSA) is 65.1 Å². The minimum Gasteiger partial charge on any atom is -0.345 e. The molecular formula is C19H21N5OS. The van der Waals surface area contributed by atoms with Crippen LogP contribution in [0.4, 0.5) is 5.13 Å². The first-order valence-electron chi connectivity index (χ1n) is 8.71. The first-order chi connectivity index (χ1) is 12.6. The second kappa shape index (κ2) is 6.92. The van der Waals surface area contributed by atoms with E-state index in [-0.39, 0.29) is 5.91 Å². The van der Waals surface area contributed by atoms with Crippen molar-refractivity contribution in [1.82, 2.24) is 20.1 Å². The molecule has 0 saturated carbocycles. The number of aryl methyl sites for hydroxylation is 2. The Bertz CT molecular complexity index is 890. The second-order valence-corrected chi connectivity index (χ2v) is 7.63. The van der Waals surface area contributed by atoms with E-state index in [4.69, 9.17) is 0 Å². The van der Waals surface area contributed by atoms with E-state index in [1.807, 2.05) is 48.2 Å². The van der Waals surface area contributed by atoms with Crippen LogP contribution in [0.25, 0.3) is 11.3 Å². The molecule has 1 amide bonds. The number of hydrogen-bond acceptors (Lipinski definition) is 5. The number of carbonyl (C=O) groups excluding carboxylic acids is 1. The van der Waals surface area contributed by atoms with Crippen LogP contribution in [0.5, 0.6) is 0 Å². The predicted molar refractivity (Wildman–Crippen MR) is 104 cm³/mol. The standard InChI is InChI=1S/C19H21N5OS/c1-13-14(2)26-19(20-13)24-10-8-23(9-11-24)18(25)17-12-16(21-22-17)15-6-4-3-5-7-15/h3-7,12H,8-11H2,1-2H3,(H,21,22). The number of hydrogen-bond donors (Lipinski definition) is 1. The molecule has 0 unspecified atom stereocenters. The van der Waals surface area contributed by atoms with Crippen molar-refractivity contribution in [3.05, 3.63) is 52.7 Å². The SMILES string of the molecule is Cc1nc(N2CCN(C(=O)c3cc(-c4ccccc4)n[nH]3)CC2)sc1C. The van der Waals surface area contributed by atoms with E-state index in [2.05, 4.69) is 27.0 Å². The monoisotopic (exact) mass is 367 g/mol. The highest BCUT2D eigenvalue weighted by Crippen LogP contribution is 2.26. The Morgan fingerprint density at radius 3 is 2.50 bits per heavy atom. The van der Waals surface area contributed by atoms with Gasteiger partial charge in [0.2, 0.25) is 0 Å². The molecule has 0 aliphatic carbocycles. The van der Waals surface area contributed by atoms with Gasteiger partial charge in [0.05, 0.1) is 11.4 Å². The van der Waals surface area contributed by atoms with Crippen molar-refractivity contribution >= 4 is 22.4 Å². The number of carbonyl (C=O) groups is 1.